The lowest BCUT2D eigenvalue weighted by atomic mass is 10.1. The molecule has 2 N–H and O–H groups in total. The highest BCUT2D eigenvalue weighted by Crippen LogP contribution is 2.44. The van der Waals surface area contributed by atoms with Crippen LogP contribution in [0.1, 0.15) is 11.1 Å². The van der Waals surface area contributed by atoms with Crippen LogP contribution in [-0.4, -0.2) is 55.4 Å². The third-order valence-corrected chi connectivity index (χ3v) is 5.44. The lowest BCUT2D eigenvalue weighted by Gasteiger charge is -2.19. The van der Waals surface area contributed by atoms with E-state index < -0.39 is 5.83 Å². The van der Waals surface area contributed by atoms with Crippen LogP contribution in [0.3, 0.4) is 0 Å². The number of benzene rings is 1. The van der Waals surface area contributed by atoms with Crippen LogP contribution in [0.2, 0.25) is 10.0 Å². The molecule has 11 heteroatoms. The average Bonchev–Trinajstić information content (AvgIpc) is 3.21. The normalized spacial score (nSPS) is 18.2. The molecule has 32 heavy (non-hydrogen) atoms. The van der Waals surface area contributed by atoms with Crippen molar-refractivity contribution in [2.24, 2.45) is 0 Å². The molecule has 0 unspecified atom stereocenters. The highest BCUT2D eigenvalue weighted by atomic mass is 35.5. The van der Waals surface area contributed by atoms with Crippen LogP contribution in [0, 0.1) is 0 Å². The minimum Gasteiger partial charge on any atom is -0.495 e. The van der Waals surface area contributed by atoms with Gasteiger partial charge in [0.15, 0.2) is 0 Å². The summed E-state index contributed by atoms with van der Waals surface area (Å²) >= 11 is 12.5. The molecule has 1 saturated heterocycles. The Morgan fingerprint density at radius 3 is 2.34 bits per heavy atom. The molecule has 2 atom stereocenters. The van der Waals surface area contributed by atoms with Gasteiger partial charge in [-0.3, -0.25) is 4.79 Å². The molecule has 0 spiro atoms. The summed E-state index contributed by atoms with van der Waals surface area (Å²) < 4.78 is 30.8. The second-order valence-corrected chi connectivity index (χ2v) is 7.48. The monoisotopic (exact) mass is 482 g/mol. The summed E-state index contributed by atoms with van der Waals surface area (Å²) in [6.07, 6.45) is 5.25. The lowest BCUT2D eigenvalue weighted by molar-refractivity contribution is -0.117. The topological polar surface area (TPSA) is 94.6 Å². The number of nitrogens with zero attached hydrogens (tertiary/aromatic N) is 2. The zero-order chi connectivity index (χ0) is 23.3. The highest BCUT2D eigenvalue weighted by Gasteiger charge is 2.29. The standard InChI is InChI=1S/C21H21Cl2FN4O4/c1-4-17(29)27-13-9-32-10-14(13)28-21-25-7-11(8-26-21)5-12(24)18-19(22)15(30-2)6-16(31-3)20(18)23/h4-8,13-14H,1,9-10H2,2-3H3,(H,27,29)(H,25,26,28)/b12-5-/t13-,14+/m0/s1. The number of methoxy groups -OCH3 is 2. The van der Waals surface area contributed by atoms with Crippen molar-refractivity contribution in [3.63, 3.8) is 0 Å². The Hall–Kier alpha value is -2.88. The van der Waals surface area contributed by atoms with E-state index in [2.05, 4.69) is 27.2 Å². The van der Waals surface area contributed by atoms with Crippen LogP contribution in [0.15, 0.2) is 31.1 Å². The number of ether oxygens (including phenoxy) is 3. The predicted octanol–water partition coefficient (Wildman–Crippen LogP) is 3.75. The number of halogens is 3. The number of nitrogens with one attached hydrogen (secondary N) is 2. The predicted molar refractivity (Wildman–Crippen MR) is 121 cm³/mol. The molecule has 1 amide bonds. The zero-order valence-electron chi connectivity index (χ0n) is 17.3. The summed E-state index contributed by atoms with van der Waals surface area (Å²) in [6.45, 7) is 4.16. The third-order valence-electron chi connectivity index (χ3n) is 4.69. The fourth-order valence-electron chi connectivity index (χ4n) is 3.05. The molecule has 0 radical (unpaired) electrons. The number of carbonyl (C=O) groups excluding carboxylic acids is 1. The molecule has 0 aliphatic carbocycles. The van der Waals surface area contributed by atoms with Crippen molar-refractivity contribution >= 4 is 47.0 Å². The first-order chi connectivity index (χ1) is 15.4. The maximum atomic E-state index is 15.1. The van der Waals surface area contributed by atoms with Crippen molar-refractivity contribution in [2.75, 3.05) is 32.8 Å². The second kappa shape index (κ2) is 10.6. The first-order valence-corrected chi connectivity index (χ1v) is 10.2. The van der Waals surface area contributed by atoms with E-state index in [-0.39, 0.29) is 45.1 Å². The van der Waals surface area contributed by atoms with Crippen molar-refractivity contribution < 1.29 is 23.4 Å². The van der Waals surface area contributed by atoms with E-state index in [1.54, 1.807) is 0 Å². The number of amides is 1. The quantitative estimate of drug-likeness (QED) is 0.553. The van der Waals surface area contributed by atoms with Crippen molar-refractivity contribution in [2.45, 2.75) is 12.1 Å². The molecule has 2 heterocycles. The highest BCUT2D eigenvalue weighted by molar-refractivity contribution is 6.39. The van der Waals surface area contributed by atoms with Gasteiger partial charge in [-0.1, -0.05) is 29.8 Å². The Labute approximate surface area is 194 Å². The smallest absolute Gasteiger partial charge is 0.243 e. The van der Waals surface area contributed by atoms with Gasteiger partial charge in [-0.2, -0.15) is 0 Å². The molecular formula is C21H21Cl2FN4O4. The molecule has 1 aliphatic heterocycles. The Morgan fingerprint density at radius 2 is 1.78 bits per heavy atom. The second-order valence-electron chi connectivity index (χ2n) is 6.72. The van der Waals surface area contributed by atoms with E-state index in [1.807, 2.05) is 0 Å². The number of hydrogen-bond acceptors (Lipinski definition) is 7. The lowest BCUT2D eigenvalue weighted by Crippen LogP contribution is -2.45. The van der Waals surface area contributed by atoms with Crippen LogP contribution < -0.4 is 20.1 Å². The first kappa shape index (κ1) is 23.8. The fourth-order valence-corrected chi connectivity index (χ4v) is 3.73. The Morgan fingerprint density at radius 1 is 1.19 bits per heavy atom. The first-order valence-electron chi connectivity index (χ1n) is 9.44. The van der Waals surface area contributed by atoms with Crippen LogP contribution in [-0.2, 0) is 9.53 Å². The number of carbonyl (C=O) groups is 1. The van der Waals surface area contributed by atoms with E-state index in [4.69, 9.17) is 37.4 Å². The SMILES string of the molecule is C=CC(=O)N[C@H]1COC[C@H]1Nc1ncc(/C=C(\F)c2c(Cl)c(OC)cc(OC)c2Cl)cn1. The molecule has 170 valence electrons. The van der Waals surface area contributed by atoms with Gasteiger partial charge < -0.3 is 24.8 Å². The van der Waals surface area contributed by atoms with Crippen molar-refractivity contribution in [3.8, 4) is 11.5 Å². The van der Waals surface area contributed by atoms with Gasteiger partial charge in [-0.15, -0.1) is 0 Å². The molecule has 0 saturated carbocycles. The Kier molecular flexibility index (Phi) is 7.89. The van der Waals surface area contributed by atoms with Crippen LogP contribution in [0.4, 0.5) is 10.3 Å². The molecule has 1 aromatic heterocycles. The summed E-state index contributed by atoms with van der Waals surface area (Å²) in [5, 5.41) is 5.90. The van der Waals surface area contributed by atoms with Gasteiger partial charge in [0.05, 0.1) is 55.1 Å². The maximum Gasteiger partial charge on any atom is 0.243 e. The molecule has 8 nitrogen and oxygen atoms in total. The number of hydrogen-bond donors (Lipinski definition) is 2. The van der Waals surface area contributed by atoms with Gasteiger partial charge in [-0.05, 0) is 12.2 Å². The van der Waals surface area contributed by atoms with Gasteiger partial charge in [0.25, 0.3) is 0 Å². The van der Waals surface area contributed by atoms with Gasteiger partial charge in [0, 0.05) is 24.0 Å². The summed E-state index contributed by atoms with van der Waals surface area (Å²) in [7, 11) is 2.81. The van der Waals surface area contributed by atoms with Crippen LogP contribution in [0.25, 0.3) is 11.9 Å². The molecule has 3 rings (SSSR count). The van der Waals surface area contributed by atoms with Crippen molar-refractivity contribution in [1.29, 1.82) is 0 Å². The van der Waals surface area contributed by atoms with Crippen molar-refractivity contribution in [3.05, 3.63) is 52.3 Å². The molecule has 2 aromatic rings. The van der Waals surface area contributed by atoms with Gasteiger partial charge >= 0.3 is 0 Å². The molecular weight excluding hydrogens is 462 g/mol. The van der Waals surface area contributed by atoms with E-state index in [1.165, 1.54) is 44.8 Å². The molecule has 1 aliphatic rings. The van der Waals surface area contributed by atoms with E-state index >= 15 is 4.39 Å². The van der Waals surface area contributed by atoms with E-state index in [9.17, 15) is 4.79 Å². The minimum absolute atomic E-state index is 0.0140. The minimum atomic E-state index is -0.710. The fraction of sp³-hybridized carbons (Fsp3) is 0.286. The summed E-state index contributed by atoms with van der Waals surface area (Å²) in [5.41, 5.74) is 0.316. The Balaban J connectivity index is 1.78. The molecule has 0 bridgehead atoms. The molecule has 1 fully saturated rings. The number of anilines is 1. The largest absolute Gasteiger partial charge is 0.495 e. The average molecular weight is 483 g/mol. The van der Waals surface area contributed by atoms with E-state index in [0.29, 0.717) is 24.7 Å². The summed E-state index contributed by atoms with van der Waals surface area (Å²) in [4.78, 5) is 19.9. The van der Waals surface area contributed by atoms with Gasteiger partial charge in [0.2, 0.25) is 11.9 Å². The van der Waals surface area contributed by atoms with E-state index in [0.717, 1.165) is 0 Å². The third kappa shape index (κ3) is 5.29. The van der Waals surface area contributed by atoms with Crippen LogP contribution in [0.5, 0.6) is 11.5 Å². The number of aromatic nitrogens is 2. The number of rotatable bonds is 8. The van der Waals surface area contributed by atoms with Gasteiger partial charge in [-0.25, -0.2) is 14.4 Å². The van der Waals surface area contributed by atoms with Gasteiger partial charge in [0.1, 0.15) is 17.3 Å². The van der Waals surface area contributed by atoms with Crippen molar-refractivity contribution in [1.82, 2.24) is 15.3 Å². The summed E-state index contributed by atoms with van der Waals surface area (Å²) in [6, 6.07) is 0.995. The van der Waals surface area contributed by atoms with Crippen LogP contribution >= 0.6 is 23.2 Å². The molecule has 1 aromatic carbocycles. The summed E-state index contributed by atoms with van der Waals surface area (Å²) in [5.74, 6) is -0.262. The zero-order valence-corrected chi connectivity index (χ0v) is 18.8. The Bertz CT molecular complexity index is 1010. The maximum absolute atomic E-state index is 15.1.